The Hall–Kier alpha value is -1.16. The third-order valence-electron chi connectivity index (χ3n) is 1.41. The molecule has 0 unspecified atom stereocenters. The van der Waals surface area contributed by atoms with Gasteiger partial charge in [-0.15, -0.1) is 0 Å². The maximum Gasteiger partial charge on any atom is 0.317 e. The largest absolute Gasteiger partial charge is 0.480 e. The molecule has 0 amide bonds. The maximum atomic E-state index is 10.9. The maximum absolute atomic E-state index is 10.9. The molecule has 4 nitrogen and oxygen atoms in total. The lowest BCUT2D eigenvalue weighted by Crippen LogP contribution is -2.23. The minimum Gasteiger partial charge on any atom is -0.480 e. The second-order valence-corrected chi connectivity index (χ2v) is 2.64. The van der Waals surface area contributed by atoms with Crippen molar-refractivity contribution in [3.05, 3.63) is 12.2 Å². The molecule has 0 bridgehead atoms. The minimum atomic E-state index is -0.875. The number of carbonyl (C=O) groups excluding carboxylic acids is 1. The topological polar surface area (TPSA) is 66.4 Å². The van der Waals surface area contributed by atoms with E-state index in [9.17, 15) is 9.59 Å². The lowest BCUT2D eigenvalue weighted by Gasteiger charge is -1.98. The quantitative estimate of drug-likeness (QED) is 0.450. The zero-order valence-corrected chi connectivity index (χ0v) is 7.75. The van der Waals surface area contributed by atoms with E-state index in [-0.39, 0.29) is 12.3 Å². The summed E-state index contributed by atoms with van der Waals surface area (Å²) in [6.07, 6.45) is 4.37. The molecule has 0 saturated heterocycles. The third kappa shape index (κ3) is 8.75. The van der Waals surface area contributed by atoms with E-state index in [0.717, 1.165) is 0 Å². The molecule has 0 aromatic rings. The van der Waals surface area contributed by atoms with Gasteiger partial charge in [-0.25, -0.2) is 0 Å². The van der Waals surface area contributed by atoms with Gasteiger partial charge >= 0.3 is 5.97 Å². The fraction of sp³-hybridized carbons (Fsp3) is 0.556. The van der Waals surface area contributed by atoms with E-state index >= 15 is 0 Å². The van der Waals surface area contributed by atoms with Crippen LogP contribution in [0.15, 0.2) is 12.2 Å². The highest BCUT2D eigenvalue weighted by Crippen LogP contribution is 1.90. The Bertz CT molecular complexity index is 199. The van der Waals surface area contributed by atoms with Gasteiger partial charge in [0.25, 0.3) is 0 Å². The summed E-state index contributed by atoms with van der Waals surface area (Å²) in [7, 11) is 0. The summed E-state index contributed by atoms with van der Waals surface area (Å²) >= 11 is 0. The van der Waals surface area contributed by atoms with Crippen molar-refractivity contribution < 1.29 is 14.7 Å². The van der Waals surface area contributed by atoms with Gasteiger partial charge in [0.2, 0.25) is 0 Å². The van der Waals surface area contributed by atoms with Gasteiger partial charge in [0, 0.05) is 6.42 Å². The number of carbonyl (C=O) groups is 2. The van der Waals surface area contributed by atoms with Crippen molar-refractivity contribution in [1.29, 1.82) is 0 Å². The van der Waals surface area contributed by atoms with Crippen LogP contribution in [0.2, 0.25) is 0 Å². The van der Waals surface area contributed by atoms with Crippen molar-refractivity contribution >= 4 is 11.8 Å². The van der Waals surface area contributed by atoms with E-state index in [2.05, 4.69) is 5.32 Å². The van der Waals surface area contributed by atoms with Gasteiger partial charge in [-0.2, -0.15) is 0 Å². The second-order valence-electron chi connectivity index (χ2n) is 2.64. The van der Waals surface area contributed by atoms with Crippen LogP contribution in [-0.2, 0) is 9.59 Å². The molecule has 0 aromatic heterocycles. The van der Waals surface area contributed by atoms with Gasteiger partial charge in [-0.3, -0.25) is 9.59 Å². The van der Waals surface area contributed by atoms with Crippen molar-refractivity contribution in [2.24, 2.45) is 0 Å². The summed E-state index contributed by atoms with van der Waals surface area (Å²) in [5.41, 5.74) is 0. The minimum absolute atomic E-state index is 0.0438. The Labute approximate surface area is 77.6 Å². The van der Waals surface area contributed by atoms with E-state index < -0.39 is 5.97 Å². The Morgan fingerprint density at radius 2 is 2.15 bits per heavy atom. The van der Waals surface area contributed by atoms with E-state index in [1.165, 1.54) is 6.08 Å². The van der Waals surface area contributed by atoms with Crippen LogP contribution < -0.4 is 5.32 Å². The number of hydrogen-bond donors (Lipinski definition) is 2. The fourth-order valence-electron chi connectivity index (χ4n) is 0.852. The predicted molar refractivity (Wildman–Crippen MR) is 49.6 cm³/mol. The summed E-state index contributed by atoms with van der Waals surface area (Å²) in [6.45, 7) is 2.31. The van der Waals surface area contributed by atoms with E-state index in [4.69, 9.17) is 5.11 Å². The number of hydrogen-bond acceptors (Lipinski definition) is 3. The lowest BCUT2D eigenvalue weighted by atomic mass is 10.2. The molecule has 0 fully saturated rings. The molecule has 0 radical (unpaired) electrons. The number of ketones is 1. The average Bonchev–Trinajstić information content (AvgIpc) is 2.03. The van der Waals surface area contributed by atoms with Crippen LogP contribution in [0.25, 0.3) is 0 Å². The second kappa shape index (κ2) is 7.49. The summed E-state index contributed by atoms with van der Waals surface area (Å²) < 4.78 is 0. The first-order valence-corrected chi connectivity index (χ1v) is 4.25. The third-order valence-corrected chi connectivity index (χ3v) is 1.41. The van der Waals surface area contributed by atoms with Gasteiger partial charge < -0.3 is 10.4 Å². The monoisotopic (exact) mass is 185 g/mol. The van der Waals surface area contributed by atoms with Crippen LogP contribution in [0.1, 0.15) is 19.8 Å². The van der Waals surface area contributed by atoms with Crippen molar-refractivity contribution in [2.75, 3.05) is 13.1 Å². The highest BCUT2D eigenvalue weighted by Gasteiger charge is 1.97. The van der Waals surface area contributed by atoms with Crippen LogP contribution in [0, 0.1) is 0 Å². The SMILES string of the molecule is C/C=C/C(=O)CCCNCC(=O)O. The van der Waals surface area contributed by atoms with Crippen molar-refractivity contribution in [2.45, 2.75) is 19.8 Å². The molecule has 0 aliphatic heterocycles. The van der Waals surface area contributed by atoms with Gasteiger partial charge in [0.05, 0.1) is 6.54 Å². The summed E-state index contributed by atoms with van der Waals surface area (Å²) in [5, 5.41) is 11.0. The van der Waals surface area contributed by atoms with Crippen molar-refractivity contribution in [3.63, 3.8) is 0 Å². The molecule has 0 spiro atoms. The molecule has 0 saturated carbocycles. The molecule has 0 aromatic carbocycles. The Balaban J connectivity index is 3.25. The smallest absolute Gasteiger partial charge is 0.317 e. The van der Waals surface area contributed by atoms with Crippen LogP contribution in [0.3, 0.4) is 0 Å². The Morgan fingerprint density at radius 3 is 2.69 bits per heavy atom. The van der Waals surface area contributed by atoms with Gasteiger partial charge in [-0.05, 0) is 26.0 Å². The first kappa shape index (κ1) is 11.8. The molecule has 0 atom stereocenters. The number of nitrogens with one attached hydrogen (secondary N) is 1. The molecule has 0 rings (SSSR count). The predicted octanol–water partition coefficient (Wildman–Crippen LogP) is 0.586. The first-order chi connectivity index (χ1) is 6.16. The lowest BCUT2D eigenvalue weighted by molar-refractivity contribution is -0.135. The first-order valence-electron chi connectivity index (χ1n) is 4.25. The van der Waals surface area contributed by atoms with Crippen LogP contribution >= 0.6 is 0 Å². The molecule has 0 aliphatic carbocycles. The number of carboxylic acids is 1. The van der Waals surface area contributed by atoms with E-state index in [0.29, 0.717) is 19.4 Å². The van der Waals surface area contributed by atoms with Crippen LogP contribution in [0.5, 0.6) is 0 Å². The molecular weight excluding hydrogens is 170 g/mol. The average molecular weight is 185 g/mol. The van der Waals surface area contributed by atoms with Crippen molar-refractivity contribution in [1.82, 2.24) is 5.32 Å². The zero-order chi connectivity index (χ0) is 10.1. The highest BCUT2D eigenvalue weighted by molar-refractivity contribution is 5.89. The highest BCUT2D eigenvalue weighted by atomic mass is 16.4. The van der Waals surface area contributed by atoms with Crippen molar-refractivity contribution in [3.8, 4) is 0 Å². The molecular formula is C9H15NO3. The fourth-order valence-corrected chi connectivity index (χ4v) is 0.852. The molecule has 4 heteroatoms. The molecule has 0 aliphatic rings. The van der Waals surface area contributed by atoms with Crippen LogP contribution in [0.4, 0.5) is 0 Å². The normalized spacial score (nSPS) is 10.5. The molecule has 2 N–H and O–H groups in total. The van der Waals surface area contributed by atoms with Gasteiger partial charge in [0.1, 0.15) is 0 Å². The molecule has 13 heavy (non-hydrogen) atoms. The summed E-state index contributed by atoms with van der Waals surface area (Å²) in [6, 6.07) is 0. The standard InChI is InChI=1S/C9H15NO3/c1-2-4-8(11)5-3-6-10-7-9(12)13/h2,4,10H,3,5-7H2,1H3,(H,12,13)/b4-2+. The zero-order valence-electron chi connectivity index (χ0n) is 7.75. The number of aliphatic carboxylic acids is 1. The van der Waals surface area contributed by atoms with Gasteiger partial charge in [0.15, 0.2) is 5.78 Å². The number of allylic oxidation sites excluding steroid dienone is 2. The molecule has 0 heterocycles. The van der Waals surface area contributed by atoms with Gasteiger partial charge in [-0.1, -0.05) is 6.08 Å². The van der Waals surface area contributed by atoms with E-state index in [1.807, 2.05) is 0 Å². The summed E-state index contributed by atoms with van der Waals surface area (Å²) in [5.74, 6) is -0.792. The number of rotatable bonds is 7. The number of carboxylic acid groups (broad SMARTS) is 1. The van der Waals surface area contributed by atoms with E-state index in [1.54, 1.807) is 13.0 Å². The summed E-state index contributed by atoms with van der Waals surface area (Å²) in [4.78, 5) is 21.0. The Morgan fingerprint density at radius 1 is 1.46 bits per heavy atom. The molecule has 74 valence electrons. The Kier molecular flexibility index (Phi) is 6.82. The van der Waals surface area contributed by atoms with Crippen LogP contribution in [-0.4, -0.2) is 29.9 Å².